The van der Waals surface area contributed by atoms with Crippen LogP contribution in [-0.4, -0.2) is 33.1 Å². The Kier molecular flexibility index (Phi) is 7.13. The van der Waals surface area contributed by atoms with Crippen LogP contribution in [0.3, 0.4) is 0 Å². The molecular weight excluding hydrogens is 360 g/mol. The molecule has 3 nitrogen and oxygen atoms in total. The lowest BCUT2D eigenvalue weighted by Crippen LogP contribution is -2.35. The highest BCUT2D eigenvalue weighted by atomic mass is 16.3. The lowest BCUT2D eigenvalue weighted by atomic mass is 9.61. The minimum Gasteiger partial charge on any atom is -0.393 e. The normalized spacial score (nSPS) is 38.4. The van der Waals surface area contributed by atoms with Crippen molar-refractivity contribution in [3.8, 4) is 0 Å². The summed E-state index contributed by atoms with van der Waals surface area (Å²) in [6, 6.07) is 0. The van der Waals surface area contributed by atoms with Crippen LogP contribution in [0.25, 0.3) is 0 Å². The van der Waals surface area contributed by atoms with E-state index in [1.165, 1.54) is 37.7 Å². The Morgan fingerprint density at radius 1 is 1.14 bits per heavy atom. The highest BCUT2D eigenvalue weighted by Gasteiger charge is 2.50. The van der Waals surface area contributed by atoms with Crippen LogP contribution in [0.2, 0.25) is 0 Å². The van der Waals surface area contributed by atoms with E-state index < -0.39 is 17.8 Å². The SMILES string of the molecule is C[C@H](/C=C/CC(C)(C)O)C1CC[C@H]2/C(=C/C=C3C[C@@H](O)C[C@H](O)C3)CCC[C@]12C. The number of allylic oxidation sites excluding steroid dienone is 4. The lowest BCUT2D eigenvalue weighted by Gasteiger charge is -2.44. The molecule has 0 saturated heterocycles. The third-order valence-corrected chi connectivity index (χ3v) is 7.80. The average molecular weight is 403 g/mol. The van der Waals surface area contributed by atoms with Gasteiger partial charge in [-0.05, 0) is 94.8 Å². The van der Waals surface area contributed by atoms with Crippen molar-refractivity contribution in [1.82, 2.24) is 0 Å². The second-order valence-corrected chi connectivity index (χ2v) is 10.9. The molecular formula is C26H42O3. The predicted molar refractivity (Wildman–Crippen MR) is 119 cm³/mol. The molecule has 0 amide bonds. The minimum atomic E-state index is -0.632. The summed E-state index contributed by atoms with van der Waals surface area (Å²) in [5.74, 6) is 1.88. The fourth-order valence-electron chi connectivity index (χ4n) is 6.38. The van der Waals surface area contributed by atoms with E-state index in [1.54, 1.807) is 5.57 Å². The van der Waals surface area contributed by atoms with Crippen molar-refractivity contribution in [3.63, 3.8) is 0 Å². The van der Waals surface area contributed by atoms with E-state index in [0.29, 0.717) is 48.9 Å². The maximum absolute atomic E-state index is 9.97. The molecule has 0 heterocycles. The zero-order chi connectivity index (χ0) is 21.2. The fourth-order valence-corrected chi connectivity index (χ4v) is 6.38. The third-order valence-electron chi connectivity index (χ3n) is 7.80. The van der Waals surface area contributed by atoms with Crippen LogP contribution in [0.1, 0.15) is 85.5 Å². The van der Waals surface area contributed by atoms with E-state index >= 15 is 0 Å². The van der Waals surface area contributed by atoms with Gasteiger partial charge in [0.05, 0.1) is 17.8 Å². The van der Waals surface area contributed by atoms with Gasteiger partial charge in [-0.2, -0.15) is 0 Å². The number of aliphatic hydroxyl groups is 3. The lowest BCUT2D eigenvalue weighted by molar-refractivity contribution is 0.0609. The Hall–Kier alpha value is -0.900. The van der Waals surface area contributed by atoms with E-state index in [4.69, 9.17) is 0 Å². The average Bonchev–Trinajstić information content (AvgIpc) is 2.95. The molecule has 3 aliphatic carbocycles. The summed E-state index contributed by atoms with van der Waals surface area (Å²) >= 11 is 0. The first-order chi connectivity index (χ1) is 13.6. The molecule has 3 saturated carbocycles. The molecule has 3 aliphatic rings. The van der Waals surface area contributed by atoms with Gasteiger partial charge in [0.25, 0.3) is 0 Å². The second kappa shape index (κ2) is 9.08. The summed E-state index contributed by atoms with van der Waals surface area (Å²) in [6.45, 7) is 8.59. The van der Waals surface area contributed by atoms with Crippen molar-refractivity contribution in [1.29, 1.82) is 0 Å². The number of fused-ring (bicyclic) bond motifs is 1. The maximum Gasteiger partial charge on any atom is 0.0626 e. The Bertz CT molecular complexity index is 641. The smallest absolute Gasteiger partial charge is 0.0626 e. The Morgan fingerprint density at radius 3 is 2.48 bits per heavy atom. The van der Waals surface area contributed by atoms with Crippen molar-refractivity contribution in [2.75, 3.05) is 0 Å². The summed E-state index contributed by atoms with van der Waals surface area (Å²) < 4.78 is 0. The first kappa shape index (κ1) is 22.8. The molecule has 0 spiro atoms. The second-order valence-electron chi connectivity index (χ2n) is 10.9. The van der Waals surface area contributed by atoms with Gasteiger partial charge in [0.1, 0.15) is 0 Å². The summed E-state index contributed by atoms with van der Waals surface area (Å²) in [4.78, 5) is 0. The van der Waals surface area contributed by atoms with Gasteiger partial charge in [-0.1, -0.05) is 49.3 Å². The van der Waals surface area contributed by atoms with E-state index in [0.717, 1.165) is 0 Å². The van der Waals surface area contributed by atoms with E-state index in [-0.39, 0.29) is 0 Å². The molecule has 1 unspecified atom stereocenters. The molecule has 0 aromatic carbocycles. The van der Waals surface area contributed by atoms with Crippen LogP contribution >= 0.6 is 0 Å². The van der Waals surface area contributed by atoms with Gasteiger partial charge in [0, 0.05) is 0 Å². The summed E-state index contributed by atoms with van der Waals surface area (Å²) in [5.41, 5.74) is 2.49. The van der Waals surface area contributed by atoms with Crippen molar-refractivity contribution in [2.24, 2.45) is 23.2 Å². The van der Waals surface area contributed by atoms with Crippen LogP contribution in [0.15, 0.2) is 35.5 Å². The van der Waals surface area contributed by atoms with Crippen LogP contribution in [0.5, 0.6) is 0 Å². The summed E-state index contributed by atoms with van der Waals surface area (Å²) in [6.07, 6.45) is 17.2. The first-order valence-electron chi connectivity index (χ1n) is 11.7. The van der Waals surface area contributed by atoms with Gasteiger partial charge in [0.15, 0.2) is 0 Å². The third kappa shape index (κ3) is 5.62. The van der Waals surface area contributed by atoms with Crippen LogP contribution in [0.4, 0.5) is 0 Å². The number of aliphatic hydroxyl groups excluding tert-OH is 2. The van der Waals surface area contributed by atoms with Crippen molar-refractivity contribution >= 4 is 0 Å². The van der Waals surface area contributed by atoms with Crippen molar-refractivity contribution < 1.29 is 15.3 Å². The largest absolute Gasteiger partial charge is 0.393 e. The van der Waals surface area contributed by atoms with E-state index in [2.05, 4.69) is 38.2 Å². The molecule has 3 rings (SSSR count). The molecule has 3 fully saturated rings. The van der Waals surface area contributed by atoms with Gasteiger partial charge >= 0.3 is 0 Å². The monoisotopic (exact) mass is 402 g/mol. The van der Waals surface area contributed by atoms with Gasteiger partial charge in [-0.25, -0.2) is 0 Å². The van der Waals surface area contributed by atoms with Gasteiger partial charge in [-0.15, -0.1) is 0 Å². The molecule has 3 heteroatoms. The molecule has 164 valence electrons. The molecule has 0 aromatic rings. The van der Waals surface area contributed by atoms with Gasteiger partial charge in [-0.3, -0.25) is 0 Å². The number of hydrogen-bond acceptors (Lipinski definition) is 3. The predicted octanol–water partition coefficient (Wildman–Crippen LogP) is 5.31. The Labute approximate surface area is 177 Å². The topological polar surface area (TPSA) is 60.7 Å². The van der Waals surface area contributed by atoms with Crippen LogP contribution in [-0.2, 0) is 0 Å². The van der Waals surface area contributed by atoms with Crippen LogP contribution in [0, 0.1) is 23.2 Å². The number of rotatable bonds is 5. The zero-order valence-corrected chi connectivity index (χ0v) is 18.9. The Morgan fingerprint density at radius 2 is 1.83 bits per heavy atom. The first-order valence-corrected chi connectivity index (χ1v) is 11.7. The summed E-state index contributed by atoms with van der Waals surface area (Å²) in [7, 11) is 0. The maximum atomic E-state index is 9.97. The highest BCUT2D eigenvalue weighted by Crippen LogP contribution is 2.59. The highest BCUT2D eigenvalue weighted by molar-refractivity contribution is 5.26. The van der Waals surface area contributed by atoms with Gasteiger partial charge < -0.3 is 15.3 Å². The zero-order valence-electron chi connectivity index (χ0n) is 18.9. The summed E-state index contributed by atoms with van der Waals surface area (Å²) in [5, 5.41) is 29.9. The van der Waals surface area contributed by atoms with E-state index in [1.807, 2.05) is 13.8 Å². The number of hydrogen-bond donors (Lipinski definition) is 3. The minimum absolute atomic E-state index is 0.354. The molecule has 0 aromatic heterocycles. The Balaban J connectivity index is 1.71. The quantitative estimate of drug-likeness (QED) is 0.546. The standard InChI is InChI=1S/C26H42O3/c1-18(7-5-13-25(2,3)29)23-11-12-24-20(8-6-14-26(23,24)4)10-9-19-15-21(27)17-22(28)16-19/h5,7,9-10,18,21-24,27-29H,6,8,11-17H2,1-4H3/b7-5+,20-10+/t18-,21-,22-,23?,24+,26-/m1/s1. The molecule has 0 radical (unpaired) electrons. The van der Waals surface area contributed by atoms with Crippen molar-refractivity contribution in [3.05, 3.63) is 35.5 Å². The van der Waals surface area contributed by atoms with Crippen LogP contribution < -0.4 is 0 Å². The van der Waals surface area contributed by atoms with E-state index in [9.17, 15) is 15.3 Å². The van der Waals surface area contributed by atoms with Crippen molar-refractivity contribution in [2.45, 2.75) is 103 Å². The molecule has 0 bridgehead atoms. The molecule has 3 N–H and O–H groups in total. The molecule has 6 atom stereocenters. The molecule has 29 heavy (non-hydrogen) atoms. The molecule has 0 aliphatic heterocycles. The van der Waals surface area contributed by atoms with Gasteiger partial charge in [0.2, 0.25) is 0 Å². The fraction of sp³-hybridized carbons (Fsp3) is 0.769.